The van der Waals surface area contributed by atoms with Crippen LogP contribution in [0.2, 0.25) is 0 Å². The fourth-order valence-corrected chi connectivity index (χ4v) is 3.57. The van der Waals surface area contributed by atoms with Crippen LogP contribution in [-0.4, -0.2) is 32.8 Å². The largest absolute Gasteiger partial charge is 0.357 e. The summed E-state index contributed by atoms with van der Waals surface area (Å²) in [7, 11) is 0. The van der Waals surface area contributed by atoms with Crippen LogP contribution in [0.15, 0.2) is 22.5 Å². The van der Waals surface area contributed by atoms with Crippen LogP contribution in [0.4, 0.5) is 16.5 Å². The molecule has 0 aliphatic heterocycles. The number of nitrogens with one attached hydrogen (secondary N) is 2. The molecule has 0 saturated heterocycles. The molecule has 3 rings (SSSR count). The summed E-state index contributed by atoms with van der Waals surface area (Å²) in [6.45, 7) is 1.66. The van der Waals surface area contributed by atoms with Crippen LogP contribution in [0.25, 0.3) is 0 Å². The molecular formula is C14H15N5O3S2. The predicted molar refractivity (Wildman–Crippen MR) is 93.7 cm³/mol. The molecule has 0 unspecified atom stereocenters. The Kier molecular flexibility index (Phi) is 4.95. The zero-order valence-corrected chi connectivity index (χ0v) is 14.4. The summed E-state index contributed by atoms with van der Waals surface area (Å²) >= 11 is 2.71. The van der Waals surface area contributed by atoms with E-state index in [1.165, 1.54) is 29.2 Å². The van der Waals surface area contributed by atoms with Gasteiger partial charge in [-0.05, 0) is 25.8 Å². The van der Waals surface area contributed by atoms with E-state index in [1.807, 2.05) is 0 Å². The lowest BCUT2D eigenvalue weighted by atomic mass is 10.2. The van der Waals surface area contributed by atoms with Crippen molar-refractivity contribution >= 4 is 45.5 Å². The van der Waals surface area contributed by atoms with Gasteiger partial charge < -0.3 is 10.6 Å². The summed E-state index contributed by atoms with van der Waals surface area (Å²) in [4.78, 5) is 22.4. The first-order valence-corrected chi connectivity index (χ1v) is 9.09. The summed E-state index contributed by atoms with van der Waals surface area (Å²) < 4.78 is 0.711. The molecule has 1 saturated carbocycles. The quantitative estimate of drug-likeness (QED) is 0.441. The van der Waals surface area contributed by atoms with E-state index in [0.717, 1.165) is 18.0 Å². The number of carbonyl (C=O) groups is 1. The molecule has 0 spiro atoms. The number of amides is 1. The number of benzene rings is 1. The fourth-order valence-electron chi connectivity index (χ4n) is 1.94. The molecule has 10 heteroatoms. The SMILES string of the molecule is Cc1ccc(NC(=O)CSc2nnc(NC3CC3)s2)cc1[N+](=O)[O-]. The molecule has 0 bridgehead atoms. The van der Waals surface area contributed by atoms with Gasteiger partial charge in [0.15, 0.2) is 4.34 Å². The lowest BCUT2D eigenvalue weighted by Gasteiger charge is -2.05. The highest BCUT2D eigenvalue weighted by Crippen LogP contribution is 2.30. The van der Waals surface area contributed by atoms with Gasteiger partial charge in [0.2, 0.25) is 11.0 Å². The molecule has 1 aromatic carbocycles. The highest BCUT2D eigenvalue weighted by molar-refractivity contribution is 8.01. The number of nitrogens with zero attached hydrogens (tertiary/aromatic N) is 3. The minimum absolute atomic E-state index is 0.0135. The summed E-state index contributed by atoms with van der Waals surface area (Å²) in [6, 6.07) is 5.13. The van der Waals surface area contributed by atoms with E-state index in [9.17, 15) is 14.9 Å². The summed E-state index contributed by atoms with van der Waals surface area (Å²) in [5, 5.41) is 25.7. The zero-order valence-electron chi connectivity index (χ0n) is 12.8. The van der Waals surface area contributed by atoms with Gasteiger partial charge >= 0.3 is 0 Å². The van der Waals surface area contributed by atoms with Crippen LogP contribution in [-0.2, 0) is 4.79 Å². The first kappa shape index (κ1) is 16.7. The van der Waals surface area contributed by atoms with Crippen molar-refractivity contribution in [1.82, 2.24) is 10.2 Å². The van der Waals surface area contributed by atoms with E-state index in [2.05, 4.69) is 20.8 Å². The van der Waals surface area contributed by atoms with Crippen LogP contribution in [0, 0.1) is 17.0 Å². The Balaban J connectivity index is 1.52. The minimum atomic E-state index is -0.463. The maximum Gasteiger partial charge on any atom is 0.274 e. The highest BCUT2D eigenvalue weighted by atomic mass is 32.2. The maximum atomic E-state index is 12.0. The number of nitro benzene ring substituents is 1. The number of aryl methyl sites for hydroxylation is 1. The van der Waals surface area contributed by atoms with Gasteiger partial charge in [0.05, 0.1) is 10.7 Å². The van der Waals surface area contributed by atoms with E-state index < -0.39 is 4.92 Å². The lowest BCUT2D eigenvalue weighted by Crippen LogP contribution is -2.14. The Hall–Kier alpha value is -2.20. The van der Waals surface area contributed by atoms with Crippen molar-refractivity contribution in [2.24, 2.45) is 0 Å². The van der Waals surface area contributed by atoms with Gasteiger partial charge in [0.1, 0.15) is 0 Å². The number of hydrogen-bond donors (Lipinski definition) is 2. The van der Waals surface area contributed by atoms with Crippen LogP contribution < -0.4 is 10.6 Å². The molecule has 2 N–H and O–H groups in total. The average molecular weight is 365 g/mol. The number of hydrogen-bond acceptors (Lipinski definition) is 8. The predicted octanol–water partition coefficient (Wildman–Crippen LogP) is 3.06. The van der Waals surface area contributed by atoms with Gasteiger partial charge in [0.25, 0.3) is 5.69 Å². The highest BCUT2D eigenvalue weighted by Gasteiger charge is 2.22. The number of rotatable bonds is 7. The Morgan fingerprint density at radius 1 is 1.46 bits per heavy atom. The van der Waals surface area contributed by atoms with E-state index >= 15 is 0 Å². The van der Waals surface area contributed by atoms with Crippen molar-refractivity contribution in [1.29, 1.82) is 0 Å². The molecule has 0 radical (unpaired) electrons. The Labute approximate surface area is 146 Å². The third-order valence-electron chi connectivity index (χ3n) is 3.33. The van der Waals surface area contributed by atoms with Crippen LogP contribution in [0.5, 0.6) is 0 Å². The molecule has 126 valence electrons. The maximum absolute atomic E-state index is 12.0. The van der Waals surface area contributed by atoms with Crippen LogP contribution in [0.1, 0.15) is 18.4 Å². The molecule has 1 fully saturated rings. The third kappa shape index (κ3) is 4.42. The van der Waals surface area contributed by atoms with E-state index in [1.54, 1.807) is 19.1 Å². The number of aromatic nitrogens is 2. The van der Waals surface area contributed by atoms with Gasteiger partial charge in [-0.15, -0.1) is 10.2 Å². The van der Waals surface area contributed by atoms with Gasteiger partial charge in [-0.2, -0.15) is 0 Å². The average Bonchev–Trinajstić information content (AvgIpc) is 3.23. The summed E-state index contributed by atoms with van der Waals surface area (Å²) in [5.74, 6) is -0.0789. The zero-order chi connectivity index (χ0) is 17.1. The van der Waals surface area contributed by atoms with Crippen molar-refractivity contribution < 1.29 is 9.72 Å². The molecule has 8 nitrogen and oxygen atoms in total. The lowest BCUT2D eigenvalue weighted by molar-refractivity contribution is -0.385. The molecule has 2 aromatic rings. The molecule has 1 amide bonds. The normalized spacial score (nSPS) is 13.5. The smallest absolute Gasteiger partial charge is 0.274 e. The van der Waals surface area contributed by atoms with E-state index in [-0.39, 0.29) is 17.3 Å². The number of carbonyl (C=O) groups excluding carboxylic acids is 1. The van der Waals surface area contributed by atoms with Crippen molar-refractivity contribution in [3.05, 3.63) is 33.9 Å². The minimum Gasteiger partial charge on any atom is -0.357 e. The summed E-state index contributed by atoms with van der Waals surface area (Å²) in [5.41, 5.74) is 0.948. The second-order valence-electron chi connectivity index (χ2n) is 5.39. The topological polar surface area (TPSA) is 110 Å². The molecule has 1 heterocycles. The number of anilines is 2. The molecule has 0 atom stereocenters. The Bertz CT molecular complexity index is 776. The molecule has 24 heavy (non-hydrogen) atoms. The Morgan fingerprint density at radius 2 is 2.25 bits per heavy atom. The van der Waals surface area contributed by atoms with E-state index in [0.29, 0.717) is 21.6 Å². The van der Waals surface area contributed by atoms with Crippen molar-refractivity contribution in [2.75, 3.05) is 16.4 Å². The van der Waals surface area contributed by atoms with Gasteiger partial charge in [0, 0.05) is 23.4 Å². The molecular weight excluding hydrogens is 350 g/mol. The molecule has 1 aliphatic rings. The van der Waals surface area contributed by atoms with Crippen LogP contribution >= 0.6 is 23.1 Å². The van der Waals surface area contributed by atoms with Gasteiger partial charge in [-0.25, -0.2) is 0 Å². The monoisotopic (exact) mass is 365 g/mol. The summed E-state index contributed by atoms with van der Waals surface area (Å²) in [6.07, 6.45) is 2.32. The standard InChI is InChI=1S/C14H15N5O3S2/c1-8-2-3-10(6-11(8)19(21)22)15-12(20)7-23-14-18-17-13(24-14)16-9-4-5-9/h2-3,6,9H,4-5,7H2,1H3,(H,15,20)(H,16,17). The van der Waals surface area contributed by atoms with Gasteiger partial charge in [-0.1, -0.05) is 29.2 Å². The number of nitro groups is 1. The Morgan fingerprint density at radius 3 is 2.96 bits per heavy atom. The van der Waals surface area contributed by atoms with Gasteiger partial charge in [-0.3, -0.25) is 14.9 Å². The van der Waals surface area contributed by atoms with Crippen molar-refractivity contribution in [2.45, 2.75) is 30.1 Å². The number of thioether (sulfide) groups is 1. The molecule has 1 aliphatic carbocycles. The van der Waals surface area contributed by atoms with Crippen molar-refractivity contribution in [3.63, 3.8) is 0 Å². The second kappa shape index (κ2) is 7.14. The first-order valence-electron chi connectivity index (χ1n) is 7.29. The first-order chi connectivity index (χ1) is 11.5. The van der Waals surface area contributed by atoms with Crippen molar-refractivity contribution in [3.8, 4) is 0 Å². The second-order valence-corrected chi connectivity index (χ2v) is 7.59. The fraction of sp³-hybridized carbons (Fsp3) is 0.357. The molecule has 1 aromatic heterocycles. The third-order valence-corrected chi connectivity index (χ3v) is 5.32. The van der Waals surface area contributed by atoms with E-state index in [4.69, 9.17) is 0 Å². The van der Waals surface area contributed by atoms with Crippen LogP contribution in [0.3, 0.4) is 0 Å².